The fourth-order valence-corrected chi connectivity index (χ4v) is 1.88. The van der Waals surface area contributed by atoms with Crippen molar-refractivity contribution in [2.45, 2.75) is 13.3 Å². The van der Waals surface area contributed by atoms with Gasteiger partial charge in [0.1, 0.15) is 12.3 Å². The summed E-state index contributed by atoms with van der Waals surface area (Å²) in [5.41, 5.74) is 1.24. The first-order valence-corrected chi connectivity index (χ1v) is 5.93. The molecule has 0 amide bonds. The lowest BCUT2D eigenvalue weighted by atomic mass is 10.3. The quantitative estimate of drug-likeness (QED) is 0.784. The van der Waals surface area contributed by atoms with Gasteiger partial charge < -0.3 is 10.1 Å². The van der Waals surface area contributed by atoms with Crippen molar-refractivity contribution in [3.8, 4) is 5.75 Å². The van der Waals surface area contributed by atoms with Crippen LogP contribution in [0.3, 0.4) is 0 Å². The van der Waals surface area contributed by atoms with E-state index < -0.39 is 0 Å². The Bertz CT molecular complexity index is 357. The molecule has 1 aromatic rings. The minimum atomic E-state index is 0.721. The maximum Gasteiger partial charge on any atom is 0.205 e. The van der Waals surface area contributed by atoms with Gasteiger partial charge in [-0.05, 0) is 19.1 Å². The molecule has 0 unspecified atom stereocenters. The monoisotopic (exact) mass is 219 g/mol. The van der Waals surface area contributed by atoms with Crippen LogP contribution in [0.15, 0.2) is 24.3 Å². The average molecular weight is 219 g/mol. The number of nitrogens with one attached hydrogen (secondary N) is 1. The Balaban J connectivity index is 2.10. The standard InChI is InChI=1S/C13H19N2O/c1-2-16-13-6-4-12(5-7-13)15-10-3-8-14-9-11-15/h4-7,11,14H,2-3,8-10H2,1H3/q+1. The molecule has 0 atom stereocenters. The average Bonchev–Trinajstić information content (AvgIpc) is 2.59. The number of benzene rings is 1. The van der Waals surface area contributed by atoms with Crippen LogP contribution in [0, 0.1) is 0 Å². The maximum atomic E-state index is 5.43. The van der Waals surface area contributed by atoms with Crippen LogP contribution in [0.1, 0.15) is 13.3 Å². The van der Waals surface area contributed by atoms with Gasteiger partial charge in [-0.15, -0.1) is 0 Å². The molecule has 2 rings (SSSR count). The normalized spacial score (nSPS) is 16.4. The first kappa shape index (κ1) is 11.1. The highest BCUT2D eigenvalue weighted by molar-refractivity contribution is 5.56. The Morgan fingerprint density at radius 1 is 1.31 bits per heavy atom. The number of rotatable bonds is 3. The third-order valence-electron chi connectivity index (χ3n) is 2.69. The van der Waals surface area contributed by atoms with Crippen molar-refractivity contribution in [3.63, 3.8) is 0 Å². The molecule has 1 aromatic carbocycles. The molecule has 0 aromatic heterocycles. The molecule has 3 nitrogen and oxygen atoms in total. The molecule has 1 heterocycles. The van der Waals surface area contributed by atoms with E-state index in [1.54, 1.807) is 0 Å². The Morgan fingerprint density at radius 2 is 2.12 bits per heavy atom. The van der Waals surface area contributed by atoms with Gasteiger partial charge >= 0.3 is 0 Å². The maximum absolute atomic E-state index is 5.43. The summed E-state index contributed by atoms with van der Waals surface area (Å²) in [5.74, 6) is 0.944. The van der Waals surface area contributed by atoms with Gasteiger partial charge in [0.05, 0.1) is 13.2 Å². The van der Waals surface area contributed by atoms with Gasteiger partial charge in [0.2, 0.25) is 5.69 Å². The van der Waals surface area contributed by atoms with Crippen molar-refractivity contribution in [2.24, 2.45) is 0 Å². The summed E-state index contributed by atoms with van der Waals surface area (Å²) in [4.78, 5) is 0. The van der Waals surface area contributed by atoms with Gasteiger partial charge in [-0.2, -0.15) is 0 Å². The number of nitrogens with zero attached hydrogens (tertiary/aromatic N) is 1. The first-order chi connectivity index (χ1) is 7.90. The van der Waals surface area contributed by atoms with E-state index in [1.165, 1.54) is 12.1 Å². The summed E-state index contributed by atoms with van der Waals surface area (Å²) in [6.07, 6.45) is 3.40. The molecule has 1 aliphatic heterocycles. The Labute approximate surface area is 96.7 Å². The fourth-order valence-electron chi connectivity index (χ4n) is 1.88. The van der Waals surface area contributed by atoms with Crippen LogP contribution in [0.4, 0.5) is 5.69 Å². The molecule has 86 valence electrons. The molecular formula is C13H19N2O+. The molecular weight excluding hydrogens is 200 g/mol. The van der Waals surface area contributed by atoms with E-state index in [9.17, 15) is 0 Å². The van der Waals surface area contributed by atoms with Gasteiger partial charge in [-0.1, -0.05) is 0 Å². The fraction of sp³-hybridized carbons (Fsp3) is 0.462. The van der Waals surface area contributed by atoms with E-state index in [1.807, 2.05) is 19.1 Å². The van der Waals surface area contributed by atoms with Crippen molar-refractivity contribution < 1.29 is 9.31 Å². The van der Waals surface area contributed by atoms with Gasteiger partial charge in [-0.3, -0.25) is 0 Å². The predicted molar refractivity (Wildman–Crippen MR) is 65.9 cm³/mol. The molecule has 0 fully saturated rings. The lowest BCUT2D eigenvalue weighted by Crippen LogP contribution is -2.15. The Kier molecular flexibility index (Phi) is 3.94. The molecule has 0 bridgehead atoms. The molecule has 1 N–H and O–H groups in total. The highest BCUT2D eigenvalue weighted by Gasteiger charge is 2.11. The van der Waals surface area contributed by atoms with Gasteiger partial charge in [0, 0.05) is 25.1 Å². The van der Waals surface area contributed by atoms with Crippen LogP contribution in [-0.2, 0) is 0 Å². The van der Waals surface area contributed by atoms with Crippen LogP contribution in [-0.4, -0.2) is 37.0 Å². The summed E-state index contributed by atoms with van der Waals surface area (Å²) in [7, 11) is 0. The second-order valence-electron chi connectivity index (χ2n) is 3.86. The zero-order valence-electron chi connectivity index (χ0n) is 9.78. The second kappa shape index (κ2) is 5.66. The summed E-state index contributed by atoms with van der Waals surface area (Å²) in [5, 5.41) is 3.36. The minimum absolute atomic E-state index is 0.721. The van der Waals surface area contributed by atoms with E-state index >= 15 is 0 Å². The van der Waals surface area contributed by atoms with E-state index in [2.05, 4.69) is 28.2 Å². The summed E-state index contributed by atoms with van der Waals surface area (Å²) in [6, 6.07) is 8.30. The number of hydrogen-bond acceptors (Lipinski definition) is 2. The number of hydrogen-bond donors (Lipinski definition) is 1. The molecule has 0 saturated heterocycles. The van der Waals surface area contributed by atoms with Crippen LogP contribution in [0.25, 0.3) is 0 Å². The third-order valence-corrected chi connectivity index (χ3v) is 2.69. The Morgan fingerprint density at radius 3 is 2.88 bits per heavy atom. The first-order valence-electron chi connectivity index (χ1n) is 5.93. The zero-order chi connectivity index (χ0) is 11.2. The lowest BCUT2D eigenvalue weighted by molar-refractivity contribution is -0.435. The van der Waals surface area contributed by atoms with Gasteiger partial charge in [0.15, 0.2) is 6.21 Å². The van der Waals surface area contributed by atoms with E-state index in [0.29, 0.717) is 0 Å². The largest absolute Gasteiger partial charge is 0.494 e. The SMILES string of the molecule is CCOc1ccc([N+]2=CCNCCC2)cc1. The van der Waals surface area contributed by atoms with Crippen molar-refractivity contribution >= 4 is 11.9 Å². The summed E-state index contributed by atoms with van der Waals surface area (Å²) < 4.78 is 7.73. The molecule has 1 aliphatic rings. The molecule has 3 heteroatoms. The van der Waals surface area contributed by atoms with Crippen LogP contribution < -0.4 is 10.1 Å². The van der Waals surface area contributed by atoms with Crippen LogP contribution in [0.2, 0.25) is 0 Å². The van der Waals surface area contributed by atoms with E-state index in [-0.39, 0.29) is 0 Å². The molecule has 0 radical (unpaired) electrons. The zero-order valence-corrected chi connectivity index (χ0v) is 9.78. The van der Waals surface area contributed by atoms with Gasteiger partial charge in [-0.25, -0.2) is 4.58 Å². The summed E-state index contributed by atoms with van der Waals surface area (Å²) >= 11 is 0. The highest BCUT2D eigenvalue weighted by atomic mass is 16.5. The second-order valence-corrected chi connectivity index (χ2v) is 3.86. The molecule has 0 spiro atoms. The smallest absolute Gasteiger partial charge is 0.205 e. The van der Waals surface area contributed by atoms with Crippen LogP contribution in [0.5, 0.6) is 5.75 Å². The highest BCUT2D eigenvalue weighted by Crippen LogP contribution is 2.18. The lowest BCUT2D eigenvalue weighted by Gasteiger charge is -2.03. The third kappa shape index (κ3) is 2.83. The Hall–Kier alpha value is -1.35. The van der Waals surface area contributed by atoms with E-state index in [4.69, 9.17) is 4.74 Å². The molecule has 16 heavy (non-hydrogen) atoms. The van der Waals surface area contributed by atoms with E-state index in [0.717, 1.165) is 32.0 Å². The topological polar surface area (TPSA) is 24.3 Å². The van der Waals surface area contributed by atoms with Crippen LogP contribution >= 0.6 is 0 Å². The van der Waals surface area contributed by atoms with Crippen molar-refractivity contribution in [3.05, 3.63) is 24.3 Å². The number of ether oxygens (including phenoxy) is 1. The minimum Gasteiger partial charge on any atom is -0.494 e. The molecule has 0 saturated carbocycles. The van der Waals surface area contributed by atoms with Crippen molar-refractivity contribution in [1.82, 2.24) is 5.32 Å². The van der Waals surface area contributed by atoms with Crippen molar-refractivity contribution in [2.75, 3.05) is 26.2 Å². The predicted octanol–water partition coefficient (Wildman–Crippen LogP) is 1.79. The van der Waals surface area contributed by atoms with Crippen molar-refractivity contribution in [1.29, 1.82) is 0 Å². The van der Waals surface area contributed by atoms with Gasteiger partial charge in [0.25, 0.3) is 0 Å². The summed E-state index contributed by atoms with van der Waals surface area (Å²) in [6.45, 7) is 5.86. The molecule has 0 aliphatic carbocycles.